The predicted octanol–water partition coefficient (Wildman–Crippen LogP) is 3.71. The Kier molecular flexibility index (Phi) is 6.90. The van der Waals surface area contributed by atoms with Crippen LogP contribution < -0.4 is 0 Å². The van der Waals surface area contributed by atoms with Crippen LogP contribution in [0.4, 0.5) is 0 Å². The molecule has 1 N–H and O–H groups in total. The van der Waals surface area contributed by atoms with Gasteiger partial charge in [0.05, 0.1) is 6.10 Å². The first-order chi connectivity index (χ1) is 8.13. The summed E-state index contributed by atoms with van der Waals surface area (Å²) in [4.78, 5) is 0. The minimum Gasteiger partial charge on any atom is -0.393 e. The maximum Gasteiger partial charge on any atom is 0.0582 e. The van der Waals surface area contributed by atoms with Gasteiger partial charge in [0.1, 0.15) is 0 Å². The highest BCUT2D eigenvalue weighted by Gasteiger charge is 2.09. The van der Waals surface area contributed by atoms with Crippen LogP contribution in [0.1, 0.15) is 25.3 Å². The largest absolute Gasteiger partial charge is 0.393 e. The average Bonchev–Trinajstić information content (AvgIpc) is 2.29. The molecule has 0 radical (unpaired) electrons. The van der Waals surface area contributed by atoms with Crippen molar-refractivity contribution in [1.82, 2.24) is 0 Å². The first-order valence-corrected chi connectivity index (χ1v) is 6.58. The van der Waals surface area contributed by atoms with E-state index < -0.39 is 6.10 Å². The van der Waals surface area contributed by atoms with Crippen LogP contribution in [0.3, 0.4) is 0 Å². The number of aliphatic hydroxyl groups excluding tert-OH is 1. The Morgan fingerprint density at radius 3 is 2.82 bits per heavy atom. The van der Waals surface area contributed by atoms with Crippen molar-refractivity contribution in [3.05, 3.63) is 33.8 Å². The number of benzene rings is 1. The molecule has 17 heavy (non-hydrogen) atoms. The zero-order valence-corrected chi connectivity index (χ0v) is 11.5. The molecule has 0 saturated carbocycles. The lowest BCUT2D eigenvalue weighted by molar-refractivity contribution is 0.114. The molecule has 0 amide bonds. The van der Waals surface area contributed by atoms with Gasteiger partial charge < -0.3 is 9.84 Å². The summed E-state index contributed by atoms with van der Waals surface area (Å²) in [7, 11) is 0. The molecular weight excluding hydrogens is 259 g/mol. The lowest BCUT2D eigenvalue weighted by Crippen LogP contribution is -2.12. The van der Waals surface area contributed by atoms with Gasteiger partial charge in [-0.2, -0.15) is 0 Å². The van der Waals surface area contributed by atoms with Crippen molar-refractivity contribution in [2.24, 2.45) is 0 Å². The van der Waals surface area contributed by atoms with Gasteiger partial charge in [-0.25, -0.2) is 0 Å². The smallest absolute Gasteiger partial charge is 0.0582 e. The van der Waals surface area contributed by atoms with Crippen molar-refractivity contribution >= 4 is 23.2 Å². The summed E-state index contributed by atoms with van der Waals surface area (Å²) in [5.41, 5.74) is 0.892. The van der Waals surface area contributed by atoms with Crippen LogP contribution in [-0.4, -0.2) is 24.4 Å². The average molecular weight is 277 g/mol. The molecule has 1 rings (SSSR count). The van der Waals surface area contributed by atoms with E-state index in [2.05, 4.69) is 0 Å². The van der Waals surface area contributed by atoms with Gasteiger partial charge in [0.15, 0.2) is 0 Å². The fraction of sp³-hybridized carbons (Fsp3) is 0.538. The third-order valence-electron chi connectivity index (χ3n) is 2.49. The summed E-state index contributed by atoms with van der Waals surface area (Å²) in [5.74, 6) is 0. The van der Waals surface area contributed by atoms with Crippen molar-refractivity contribution in [2.45, 2.75) is 32.3 Å². The minimum atomic E-state index is -0.397. The van der Waals surface area contributed by atoms with Crippen molar-refractivity contribution < 1.29 is 9.84 Å². The molecule has 0 aliphatic rings. The SMILES string of the molecule is CCOCCCC(O)Cc1cc(Cl)ccc1Cl. The van der Waals surface area contributed by atoms with Crippen LogP contribution in [0.2, 0.25) is 10.0 Å². The first-order valence-electron chi connectivity index (χ1n) is 5.83. The van der Waals surface area contributed by atoms with E-state index in [0.717, 1.165) is 18.6 Å². The number of aliphatic hydroxyl groups is 1. The summed E-state index contributed by atoms with van der Waals surface area (Å²) in [6, 6.07) is 5.30. The molecule has 96 valence electrons. The van der Waals surface area contributed by atoms with E-state index in [0.29, 0.717) is 29.5 Å². The quantitative estimate of drug-likeness (QED) is 0.770. The molecule has 0 aromatic heterocycles. The molecule has 0 fully saturated rings. The molecule has 1 aromatic rings. The topological polar surface area (TPSA) is 29.5 Å². The Labute approximate surface area is 113 Å². The highest BCUT2D eigenvalue weighted by atomic mass is 35.5. The number of ether oxygens (including phenoxy) is 1. The molecule has 0 spiro atoms. The minimum absolute atomic E-state index is 0.397. The van der Waals surface area contributed by atoms with Crippen LogP contribution in [0.15, 0.2) is 18.2 Å². The third kappa shape index (κ3) is 5.73. The Balaban J connectivity index is 2.39. The Bertz CT molecular complexity index is 342. The molecule has 1 atom stereocenters. The summed E-state index contributed by atoms with van der Waals surface area (Å²) in [5, 5.41) is 11.2. The molecule has 2 nitrogen and oxygen atoms in total. The monoisotopic (exact) mass is 276 g/mol. The number of rotatable bonds is 7. The molecule has 0 aliphatic heterocycles. The Hall–Kier alpha value is -0.280. The maximum atomic E-state index is 9.86. The summed E-state index contributed by atoms with van der Waals surface area (Å²) in [6.07, 6.45) is 1.70. The second-order valence-corrected chi connectivity index (χ2v) is 4.78. The molecule has 0 bridgehead atoms. The molecule has 0 heterocycles. The normalized spacial score (nSPS) is 12.7. The Morgan fingerprint density at radius 2 is 2.12 bits per heavy atom. The van der Waals surface area contributed by atoms with E-state index in [1.54, 1.807) is 18.2 Å². The van der Waals surface area contributed by atoms with Crippen molar-refractivity contribution in [3.63, 3.8) is 0 Å². The maximum absolute atomic E-state index is 9.86. The number of hydrogen-bond donors (Lipinski definition) is 1. The first kappa shape index (κ1) is 14.8. The van der Waals surface area contributed by atoms with Crippen molar-refractivity contribution in [3.8, 4) is 0 Å². The second-order valence-electron chi connectivity index (χ2n) is 3.93. The van der Waals surface area contributed by atoms with Crippen LogP contribution in [-0.2, 0) is 11.2 Å². The second kappa shape index (κ2) is 7.93. The molecule has 1 aromatic carbocycles. The molecule has 4 heteroatoms. The van der Waals surface area contributed by atoms with E-state index in [1.807, 2.05) is 6.92 Å². The summed E-state index contributed by atoms with van der Waals surface area (Å²) < 4.78 is 5.22. The fourth-order valence-electron chi connectivity index (χ4n) is 1.62. The zero-order chi connectivity index (χ0) is 12.7. The predicted molar refractivity (Wildman–Crippen MR) is 71.9 cm³/mol. The van der Waals surface area contributed by atoms with Gasteiger partial charge in [0.25, 0.3) is 0 Å². The van der Waals surface area contributed by atoms with Gasteiger partial charge in [-0.05, 0) is 49.9 Å². The van der Waals surface area contributed by atoms with Crippen LogP contribution in [0.25, 0.3) is 0 Å². The van der Waals surface area contributed by atoms with E-state index in [9.17, 15) is 5.11 Å². The van der Waals surface area contributed by atoms with Gasteiger partial charge in [0, 0.05) is 23.3 Å². The van der Waals surface area contributed by atoms with Crippen molar-refractivity contribution in [1.29, 1.82) is 0 Å². The number of hydrogen-bond acceptors (Lipinski definition) is 2. The van der Waals surface area contributed by atoms with Gasteiger partial charge >= 0.3 is 0 Å². The molecule has 1 unspecified atom stereocenters. The van der Waals surface area contributed by atoms with E-state index >= 15 is 0 Å². The lowest BCUT2D eigenvalue weighted by Gasteiger charge is -2.12. The highest BCUT2D eigenvalue weighted by Crippen LogP contribution is 2.22. The molecular formula is C13H18Cl2O2. The van der Waals surface area contributed by atoms with E-state index in [-0.39, 0.29) is 0 Å². The van der Waals surface area contributed by atoms with Gasteiger partial charge in [-0.1, -0.05) is 23.2 Å². The van der Waals surface area contributed by atoms with E-state index in [1.165, 1.54) is 0 Å². The standard InChI is InChI=1S/C13H18Cl2O2/c1-2-17-7-3-4-12(16)9-10-8-11(14)5-6-13(10)15/h5-6,8,12,16H,2-4,7,9H2,1H3. The Morgan fingerprint density at radius 1 is 1.35 bits per heavy atom. The van der Waals surface area contributed by atoms with Gasteiger partial charge in [-0.3, -0.25) is 0 Å². The summed E-state index contributed by atoms with van der Waals surface area (Å²) in [6.45, 7) is 3.37. The zero-order valence-electron chi connectivity index (χ0n) is 9.96. The molecule has 0 aliphatic carbocycles. The lowest BCUT2D eigenvalue weighted by atomic mass is 10.0. The van der Waals surface area contributed by atoms with Gasteiger partial charge in [-0.15, -0.1) is 0 Å². The van der Waals surface area contributed by atoms with Crippen LogP contribution in [0.5, 0.6) is 0 Å². The van der Waals surface area contributed by atoms with Crippen LogP contribution >= 0.6 is 23.2 Å². The molecule has 0 saturated heterocycles. The third-order valence-corrected chi connectivity index (χ3v) is 3.10. The number of halogens is 2. The van der Waals surface area contributed by atoms with Crippen molar-refractivity contribution in [2.75, 3.05) is 13.2 Å². The highest BCUT2D eigenvalue weighted by molar-refractivity contribution is 6.33. The summed E-state index contributed by atoms with van der Waals surface area (Å²) >= 11 is 11.9. The van der Waals surface area contributed by atoms with Crippen LogP contribution in [0, 0.1) is 0 Å². The fourth-order valence-corrected chi connectivity index (χ4v) is 2.01. The van der Waals surface area contributed by atoms with Gasteiger partial charge in [0.2, 0.25) is 0 Å². The van der Waals surface area contributed by atoms with E-state index in [4.69, 9.17) is 27.9 Å².